The Morgan fingerprint density at radius 3 is 2.85 bits per heavy atom. The summed E-state index contributed by atoms with van der Waals surface area (Å²) in [6, 6.07) is 9.18. The molecule has 0 aliphatic carbocycles. The second-order valence-electron chi connectivity index (χ2n) is 5.81. The molecular formula is C17H21N7O2. The van der Waals surface area contributed by atoms with Crippen molar-refractivity contribution in [3.05, 3.63) is 54.4 Å². The summed E-state index contributed by atoms with van der Waals surface area (Å²) in [6.45, 7) is 3.23. The van der Waals surface area contributed by atoms with Gasteiger partial charge < -0.3 is 14.6 Å². The molecule has 1 amide bonds. The van der Waals surface area contributed by atoms with Crippen LogP contribution in [0.3, 0.4) is 0 Å². The Bertz CT molecular complexity index is 844. The lowest BCUT2D eigenvalue weighted by Crippen LogP contribution is -2.29. The highest BCUT2D eigenvalue weighted by Gasteiger charge is 2.19. The maximum absolute atomic E-state index is 12.5. The van der Waals surface area contributed by atoms with Crippen LogP contribution in [0.15, 0.2) is 42.9 Å². The molecule has 9 heteroatoms. The largest absolute Gasteiger partial charge is 0.385 e. The molecule has 136 valence electrons. The van der Waals surface area contributed by atoms with Gasteiger partial charge in [0, 0.05) is 20.3 Å². The normalized spacial score (nSPS) is 12.1. The van der Waals surface area contributed by atoms with Crippen LogP contribution in [-0.2, 0) is 11.3 Å². The zero-order chi connectivity index (χ0) is 18.4. The maximum Gasteiger partial charge on any atom is 0.274 e. The molecule has 2 heterocycles. The lowest BCUT2D eigenvalue weighted by atomic mass is 10.3. The highest BCUT2D eigenvalue weighted by molar-refractivity contribution is 5.92. The zero-order valence-corrected chi connectivity index (χ0v) is 14.7. The predicted octanol–water partition coefficient (Wildman–Crippen LogP) is 1.39. The van der Waals surface area contributed by atoms with Crippen molar-refractivity contribution in [1.82, 2.24) is 35.1 Å². The highest BCUT2D eigenvalue weighted by atomic mass is 16.5. The number of aryl methyl sites for hydroxylation is 1. The minimum Gasteiger partial charge on any atom is -0.385 e. The Labute approximate surface area is 151 Å². The van der Waals surface area contributed by atoms with Gasteiger partial charge in [-0.1, -0.05) is 23.4 Å². The molecule has 0 aliphatic rings. The molecule has 0 bridgehead atoms. The van der Waals surface area contributed by atoms with E-state index in [4.69, 9.17) is 4.74 Å². The average Bonchev–Trinajstić information content (AvgIpc) is 3.32. The number of amides is 1. The zero-order valence-electron chi connectivity index (χ0n) is 14.7. The van der Waals surface area contributed by atoms with Crippen molar-refractivity contribution in [2.45, 2.75) is 25.9 Å². The molecular weight excluding hydrogens is 334 g/mol. The molecule has 0 aliphatic heterocycles. The van der Waals surface area contributed by atoms with Gasteiger partial charge in [0.2, 0.25) is 0 Å². The Morgan fingerprint density at radius 1 is 1.27 bits per heavy atom. The number of benzene rings is 1. The van der Waals surface area contributed by atoms with Crippen molar-refractivity contribution < 1.29 is 9.53 Å². The van der Waals surface area contributed by atoms with Crippen molar-refractivity contribution in [3.8, 4) is 5.69 Å². The fourth-order valence-corrected chi connectivity index (χ4v) is 2.56. The summed E-state index contributed by atoms with van der Waals surface area (Å²) in [5, 5.41) is 18.9. The SMILES string of the molecule is COCCCn1cnnc1[C@H](C)NC(=O)c1cn(-c2ccccc2)nn1. The van der Waals surface area contributed by atoms with Crippen molar-refractivity contribution >= 4 is 5.91 Å². The van der Waals surface area contributed by atoms with Crippen LogP contribution < -0.4 is 5.32 Å². The van der Waals surface area contributed by atoms with Crippen LogP contribution in [0.4, 0.5) is 0 Å². The molecule has 0 spiro atoms. The Balaban J connectivity index is 1.65. The molecule has 26 heavy (non-hydrogen) atoms. The Kier molecular flexibility index (Phi) is 5.69. The standard InChI is InChI=1S/C17H21N7O2/c1-13(16-21-18-12-23(16)9-6-10-26-2)19-17(25)15-11-24(22-20-15)14-7-4-3-5-8-14/h3-5,7-8,11-13H,6,9-10H2,1-2H3,(H,19,25)/t13-/m0/s1. The molecule has 1 atom stereocenters. The first-order valence-corrected chi connectivity index (χ1v) is 8.34. The van der Waals surface area contributed by atoms with Crippen molar-refractivity contribution in [2.24, 2.45) is 0 Å². The monoisotopic (exact) mass is 355 g/mol. The van der Waals surface area contributed by atoms with E-state index in [2.05, 4.69) is 25.8 Å². The number of hydrogen-bond donors (Lipinski definition) is 1. The first kappa shape index (κ1) is 17.7. The maximum atomic E-state index is 12.5. The fourth-order valence-electron chi connectivity index (χ4n) is 2.56. The van der Waals surface area contributed by atoms with E-state index in [1.807, 2.05) is 41.8 Å². The number of para-hydroxylation sites is 1. The number of methoxy groups -OCH3 is 1. The molecule has 0 saturated carbocycles. The summed E-state index contributed by atoms with van der Waals surface area (Å²) in [5.74, 6) is 0.371. The van der Waals surface area contributed by atoms with Crippen molar-refractivity contribution in [2.75, 3.05) is 13.7 Å². The Morgan fingerprint density at radius 2 is 2.08 bits per heavy atom. The molecule has 0 fully saturated rings. The van der Waals surface area contributed by atoms with E-state index in [1.165, 1.54) is 0 Å². The van der Waals surface area contributed by atoms with E-state index in [9.17, 15) is 4.79 Å². The third-order valence-electron chi connectivity index (χ3n) is 3.87. The van der Waals surface area contributed by atoms with E-state index in [0.29, 0.717) is 12.4 Å². The van der Waals surface area contributed by atoms with Gasteiger partial charge >= 0.3 is 0 Å². The third-order valence-corrected chi connectivity index (χ3v) is 3.87. The summed E-state index contributed by atoms with van der Waals surface area (Å²) >= 11 is 0. The Hall–Kier alpha value is -3.07. The van der Waals surface area contributed by atoms with E-state index >= 15 is 0 Å². The molecule has 0 unspecified atom stereocenters. The van der Waals surface area contributed by atoms with Crippen LogP contribution in [0, 0.1) is 0 Å². The smallest absolute Gasteiger partial charge is 0.274 e. The molecule has 1 N–H and O–H groups in total. The molecule has 2 aromatic heterocycles. The van der Waals surface area contributed by atoms with Gasteiger partial charge in [-0.3, -0.25) is 4.79 Å². The minimum atomic E-state index is -0.314. The topological polar surface area (TPSA) is 99.8 Å². The van der Waals surface area contributed by atoms with E-state index < -0.39 is 0 Å². The lowest BCUT2D eigenvalue weighted by Gasteiger charge is -2.13. The van der Waals surface area contributed by atoms with Gasteiger partial charge in [0.05, 0.1) is 17.9 Å². The molecule has 3 aromatic rings. The number of carbonyl (C=O) groups is 1. The number of carbonyl (C=O) groups excluding carboxylic acids is 1. The summed E-state index contributed by atoms with van der Waals surface area (Å²) in [6.07, 6.45) is 4.09. The van der Waals surface area contributed by atoms with Crippen LogP contribution >= 0.6 is 0 Å². The summed E-state index contributed by atoms with van der Waals surface area (Å²) in [5.41, 5.74) is 1.08. The minimum absolute atomic E-state index is 0.242. The van der Waals surface area contributed by atoms with Crippen LogP contribution in [0.1, 0.15) is 35.7 Å². The van der Waals surface area contributed by atoms with Gasteiger partial charge in [0.15, 0.2) is 11.5 Å². The summed E-state index contributed by atoms with van der Waals surface area (Å²) in [7, 11) is 1.67. The fraction of sp³-hybridized carbons (Fsp3) is 0.353. The quantitative estimate of drug-likeness (QED) is 0.613. The second-order valence-corrected chi connectivity index (χ2v) is 5.81. The van der Waals surface area contributed by atoms with Crippen molar-refractivity contribution in [1.29, 1.82) is 0 Å². The van der Waals surface area contributed by atoms with Gasteiger partial charge in [-0.25, -0.2) is 4.68 Å². The van der Waals surface area contributed by atoms with Gasteiger partial charge in [-0.15, -0.1) is 15.3 Å². The van der Waals surface area contributed by atoms with Crippen LogP contribution in [0.25, 0.3) is 5.69 Å². The van der Waals surface area contributed by atoms with Crippen molar-refractivity contribution in [3.63, 3.8) is 0 Å². The van der Waals surface area contributed by atoms with Crippen LogP contribution in [0.5, 0.6) is 0 Å². The number of nitrogens with one attached hydrogen (secondary N) is 1. The van der Waals surface area contributed by atoms with Crippen LogP contribution in [0.2, 0.25) is 0 Å². The molecule has 1 aromatic carbocycles. The number of ether oxygens (including phenoxy) is 1. The first-order valence-electron chi connectivity index (χ1n) is 8.34. The lowest BCUT2D eigenvalue weighted by molar-refractivity contribution is 0.0932. The third kappa shape index (κ3) is 4.12. The van der Waals surface area contributed by atoms with Gasteiger partial charge in [-0.2, -0.15) is 0 Å². The molecule has 0 saturated heterocycles. The first-order chi connectivity index (χ1) is 12.7. The van der Waals surface area contributed by atoms with Gasteiger partial charge in [0.1, 0.15) is 6.33 Å². The molecule has 0 radical (unpaired) electrons. The second kappa shape index (κ2) is 8.34. The number of rotatable bonds is 8. The number of hydrogen-bond acceptors (Lipinski definition) is 6. The van der Waals surface area contributed by atoms with E-state index in [-0.39, 0.29) is 17.6 Å². The van der Waals surface area contributed by atoms with Crippen LogP contribution in [-0.4, -0.2) is 49.4 Å². The van der Waals surface area contributed by atoms with E-state index in [1.54, 1.807) is 24.3 Å². The predicted molar refractivity (Wildman–Crippen MR) is 93.8 cm³/mol. The highest BCUT2D eigenvalue weighted by Crippen LogP contribution is 2.11. The molecule has 9 nitrogen and oxygen atoms in total. The summed E-state index contributed by atoms with van der Waals surface area (Å²) in [4.78, 5) is 12.5. The molecule has 3 rings (SSSR count). The summed E-state index contributed by atoms with van der Waals surface area (Å²) < 4.78 is 8.53. The average molecular weight is 355 g/mol. The van der Waals surface area contributed by atoms with Gasteiger partial charge in [-0.05, 0) is 25.5 Å². The van der Waals surface area contributed by atoms with Gasteiger partial charge in [0.25, 0.3) is 5.91 Å². The number of aromatic nitrogens is 6. The van der Waals surface area contributed by atoms with E-state index in [0.717, 1.165) is 18.7 Å². The number of nitrogens with zero attached hydrogens (tertiary/aromatic N) is 6.